The van der Waals surface area contributed by atoms with E-state index in [-0.39, 0.29) is 37.7 Å². The normalized spacial score (nSPS) is 12.1. The van der Waals surface area contributed by atoms with Crippen LogP contribution >= 0.6 is 0 Å². The minimum absolute atomic E-state index is 0.0473. The van der Waals surface area contributed by atoms with Gasteiger partial charge in [-0.1, -0.05) is 12.1 Å². The van der Waals surface area contributed by atoms with Crippen LogP contribution in [0.15, 0.2) is 53.6 Å². The lowest BCUT2D eigenvalue weighted by atomic mass is 10.1. The summed E-state index contributed by atoms with van der Waals surface area (Å²) in [5.74, 6) is 0.133. The molecule has 2 heterocycles. The molecule has 4 rings (SSSR count). The van der Waals surface area contributed by atoms with Gasteiger partial charge in [0.25, 0.3) is 5.56 Å². The van der Waals surface area contributed by atoms with E-state index < -0.39 is 5.97 Å². The third-order valence-electron chi connectivity index (χ3n) is 4.35. The molecule has 2 aromatic carbocycles. The molecule has 0 unspecified atom stereocenters. The topological polar surface area (TPSA) is 96.7 Å². The zero-order valence-corrected chi connectivity index (χ0v) is 14.8. The number of ether oxygens (including phenoxy) is 3. The van der Waals surface area contributed by atoms with Crippen molar-refractivity contribution in [2.45, 2.75) is 13.0 Å². The van der Waals surface area contributed by atoms with Gasteiger partial charge >= 0.3 is 5.97 Å². The number of carbonyl (C=O) groups excluding carboxylic acids is 2. The summed E-state index contributed by atoms with van der Waals surface area (Å²) in [6, 6.07) is 11.8. The first kappa shape index (κ1) is 17.7. The van der Waals surface area contributed by atoms with Crippen molar-refractivity contribution in [2.75, 3.05) is 13.4 Å². The highest BCUT2D eigenvalue weighted by atomic mass is 16.7. The van der Waals surface area contributed by atoms with E-state index in [1.165, 1.54) is 10.9 Å². The van der Waals surface area contributed by atoms with Gasteiger partial charge in [0.15, 0.2) is 23.9 Å². The zero-order chi connectivity index (χ0) is 19.5. The number of aryl methyl sites for hydroxylation is 1. The Bertz CT molecular complexity index is 1120. The molecule has 0 bridgehead atoms. The molecule has 0 atom stereocenters. The Balaban J connectivity index is 1.33. The molecule has 0 amide bonds. The highest BCUT2D eigenvalue weighted by molar-refractivity contribution is 5.98. The number of rotatable bonds is 6. The van der Waals surface area contributed by atoms with Crippen molar-refractivity contribution in [1.29, 1.82) is 0 Å². The van der Waals surface area contributed by atoms with E-state index in [1.807, 2.05) is 0 Å². The van der Waals surface area contributed by atoms with Gasteiger partial charge in [-0.15, -0.1) is 0 Å². The van der Waals surface area contributed by atoms with E-state index in [1.54, 1.807) is 42.5 Å². The molecule has 3 aromatic rings. The van der Waals surface area contributed by atoms with Gasteiger partial charge in [0.2, 0.25) is 6.79 Å². The lowest BCUT2D eigenvalue weighted by Gasteiger charge is -2.07. The van der Waals surface area contributed by atoms with Crippen molar-refractivity contribution >= 4 is 22.7 Å². The number of fused-ring (bicyclic) bond motifs is 2. The molecule has 1 aliphatic rings. The third kappa shape index (κ3) is 3.57. The average Bonchev–Trinajstić information content (AvgIpc) is 3.19. The molecule has 0 aliphatic carbocycles. The number of para-hydroxylation sites is 1. The summed E-state index contributed by atoms with van der Waals surface area (Å²) < 4.78 is 16.8. The summed E-state index contributed by atoms with van der Waals surface area (Å²) in [5.41, 5.74) is 0.738. The van der Waals surface area contributed by atoms with E-state index >= 15 is 0 Å². The first-order valence-electron chi connectivity index (χ1n) is 8.64. The highest BCUT2D eigenvalue weighted by Gasteiger charge is 2.17. The van der Waals surface area contributed by atoms with Crippen LogP contribution in [-0.2, 0) is 16.1 Å². The van der Waals surface area contributed by atoms with Crippen molar-refractivity contribution in [3.8, 4) is 11.5 Å². The Morgan fingerprint density at radius 2 is 1.93 bits per heavy atom. The van der Waals surface area contributed by atoms with Crippen LogP contribution in [-0.4, -0.2) is 34.7 Å². The molecular weight excluding hydrogens is 364 g/mol. The predicted octanol–water partition coefficient (Wildman–Crippen LogP) is 1.94. The lowest BCUT2D eigenvalue weighted by molar-refractivity contribution is -0.142. The number of hydrogen-bond donors (Lipinski definition) is 0. The van der Waals surface area contributed by atoms with Crippen molar-refractivity contribution in [3.05, 3.63) is 64.7 Å². The Kier molecular flexibility index (Phi) is 4.76. The number of ketones is 1. The predicted molar refractivity (Wildman–Crippen MR) is 98.5 cm³/mol. The standard InChI is InChI=1S/C20H16N2O6/c23-16(13-5-6-17-18(9-13)28-12-27-17)10-26-19(24)7-8-22-11-21-15-4-2-1-3-14(15)20(22)25/h1-6,9,11H,7-8,10,12H2. The fraction of sp³-hybridized carbons (Fsp3) is 0.200. The minimum atomic E-state index is -0.575. The van der Waals surface area contributed by atoms with E-state index in [4.69, 9.17) is 14.2 Å². The maximum absolute atomic E-state index is 12.4. The number of hydrogen-bond acceptors (Lipinski definition) is 7. The average molecular weight is 380 g/mol. The molecule has 142 valence electrons. The van der Waals surface area contributed by atoms with Crippen LogP contribution in [0.1, 0.15) is 16.8 Å². The van der Waals surface area contributed by atoms with Crippen LogP contribution in [0.2, 0.25) is 0 Å². The summed E-state index contributed by atoms with van der Waals surface area (Å²) in [6.07, 6.45) is 1.35. The Labute approximate surface area is 159 Å². The molecule has 0 N–H and O–H groups in total. The fourth-order valence-corrected chi connectivity index (χ4v) is 2.85. The van der Waals surface area contributed by atoms with Crippen molar-refractivity contribution < 1.29 is 23.8 Å². The van der Waals surface area contributed by atoms with Crippen LogP contribution in [0.25, 0.3) is 10.9 Å². The SMILES string of the molecule is O=C(CCn1cnc2ccccc2c1=O)OCC(=O)c1ccc2c(c1)OCO2. The van der Waals surface area contributed by atoms with Gasteiger partial charge < -0.3 is 14.2 Å². The van der Waals surface area contributed by atoms with Gasteiger partial charge in [0.1, 0.15) is 0 Å². The number of benzene rings is 2. The van der Waals surface area contributed by atoms with E-state index in [9.17, 15) is 14.4 Å². The second kappa shape index (κ2) is 7.51. The van der Waals surface area contributed by atoms with Gasteiger partial charge in [-0.2, -0.15) is 0 Å². The summed E-state index contributed by atoms with van der Waals surface area (Å²) in [6.45, 7) is -0.151. The number of esters is 1. The summed E-state index contributed by atoms with van der Waals surface area (Å²) >= 11 is 0. The number of aromatic nitrogens is 2. The van der Waals surface area contributed by atoms with Crippen LogP contribution in [0, 0.1) is 0 Å². The first-order valence-corrected chi connectivity index (χ1v) is 8.64. The van der Waals surface area contributed by atoms with E-state index in [0.29, 0.717) is 28.0 Å². The maximum Gasteiger partial charge on any atom is 0.308 e. The van der Waals surface area contributed by atoms with Crippen LogP contribution in [0.3, 0.4) is 0 Å². The number of nitrogens with zero attached hydrogens (tertiary/aromatic N) is 2. The second-order valence-corrected chi connectivity index (χ2v) is 6.16. The zero-order valence-electron chi connectivity index (χ0n) is 14.8. The number of Topliss-reactive ketones (excluding diaryl/α,β-unsaturated/α-hetero) is 1. The molecule has 1 aromatic heterocycles. The van der Waals surface area contributed by atoms with Gasteiger partial charge in [0.05, 0.1) is 23.7 Å². The lowest BCUT2D eigenvalue weighted by Crippen LogP contribution is -2.23. The molecule has 28 heavy (non-hydrogen) atoms. The minimum Gasteiger partial charge on any atom is -0.457 e. The molecule has 0 saturated heterocycles. The van der Waals surface area contributed by atoms with E-state index in [0.717, 1.165) is 0 Å². The summed E-state index contributed by atoms with van der Waals surface area (Å²) in [5, 5.41) is 0.483. The van der Waals surface area contributed by atoms with Crippen LogP contribution in [0.4, 0.5) is 0 Å². The Hall–Kier alpha value is -3.68. The van der Waals surface area contributed by atoms with Crippen molar-refractivity contribution in [3.63, 3.8) is 0 Å². The summed E-state index contributed by atoms with van der Waals surface area (Å²) in [7, 11) is 0. The van der Waals surface area contributed by atoms with E-state index in [2.05, 4.69) is 4.98 Å². The quantitative estimate of drug-likeness (QED) is 0.476. The molecule has 0 spiro atoms. The van der Waals surface area contributed by atoms with Gasteiger partial charge in [-0.3, -0.25) is 19.0 Å². The monoisotopic (exact) mass is 380 g/mol. The molecule has 1 aliphatic heterocycles. The number of carbonyl (C=O) groups is 2. The molecule has 0 radical (unpaired) electrons. The molecule has 0 saturated carbocycles. The fourth-order valence-electron chi connectivity index (χ4n) is 2.85. The van der Waals surface area contributed by atoms with Gasteiger partial charge in [-0.05, 0) is 30.3 Å². The largest absolute Gasteiger partial charge is 0.457 e. The second-order valence-electron chi connectivity index (χ2n) is 6.16. The molecule has 0 fully saturated rings. The van der Waals surface area contributed by atoms with Crippen LogP contribution in [0.5, 0.6) is 11.5 Å². The molecule has 8 nitrogen and oxygen atoms in total. The van der Waals surface area contributed by atoms with Gasteiger partial charge in [-0.25, -0.2) is 4.98 Å². The Morgan fingerprint density at radius 3 is 2.82 bits per heavy atom. The Morgan fingerprint density at radius 1 is 1.11 bits per heavy atom. The van der Waals surface area contributed by atoms with Crippen molar-refractivity contribution in [2.24, 2.45) is 0 Å². The third-order valence-corrected chi connectivity index (χ3v) is 4.35. The maximum atomic E-state index is 12.4. The van der Waals surface area contributed by atoms with Gasteiger partial charge in [0, 0.05) is 12.1 Å². The first-order chi connectivity index (χ1) is 13.6. The van der Waals surface area contributed by atoms with Crippen molar-refractivity contribution in [1.82, 2.24) is 9.55 Å². The molecular formula is C20H16N2O6. The summed E-state index contributed by atoms with van der Waals surface area (Å²) in [4.78, 5) is 40.7. The molecule has 8 heteroatoms. The highest BCUT2D eigenvalue weighted by Crippen LogP contribution is 2.32. The smallest absolute Gasteiger partial charge is 0.308 e. The van der Waals surface area contributed by atoms with Crippen LogP contribution < -0.4 is 15.0 Å².